The number of hydrogen-bond acceptors (Lipinski definition) is 3. The van der Waals surface area contributed by atoms with E-state index in [1.54, 1.807) is 11.4 Å². The number of carbonyl (C=O) groups is 1. The molecule has 0 aliphatic carbocycles. The number of benzene rings is 1. The lowest BCUT2D eigenvalue weighted by Gasteiger charge is -2.20. The van der Waals surface area contributed by atoms with E-state index in [-0.39, 0.29) is 0 Å². The van der Waals surface area contributed by atoms with E-state index in [2.05, 4.69) is 0 Å². The van der Waals surface area contributed by atoms with Gasteiger partial charge in [-0.3, -0.25) is 4.79 Å². The molecule has 2 nitrogen and oxygen atoms in total. The van der Waals surface area contributed by atoms with E-state index in [1.807, 2.05) is 19.6 Å². The van der Waals surface area contributed by atoms with E-state index in [9.17, 15) is 23.1 Å². The van der Waals surface area contributed by atoms with E-state index in [0.29, 0.717) is 5.39 Å². The average Bonchev–Trinajstić information content (AvgIpc) is 2.75. The summed E-state index contributed by atoms with van der Waals surface area (Å²) in [4.78, 5) is 11.5. The fraction of sp³-hybridized carbons (Fsp3) is 0.308. The van der Waals surface area contributed by atoms with E-state index in [4.69, 9.17) is 0 Å². The molecule has 0 radical (unpaired) electrons. The Morgan fingerprint density at radius 1 is 1.30 bits per heavy atom. The third-order valence-corrected chi connectivity index (χ3v) is 6.16. The molecule has 0 amide bonds. The zero-order valence-corrected chi connectivity index (χ0v) is 12.9. The standard InChI is InChI=1S/C13H13F3O2SSi/c1-20(2,3)9-6-8(12(18)13(14,15)16)10(17)7-4-5-19-11(7)9/h4-6,17H,1-3H3. The van der Waals surface area contributed by atoms with Crippen LogP contribution in [0.4, 0.5) is 13.2 Å². The molecule has 0 spiro atoms. The normalized spacial score (nSPS) is 12.9. The van der Waals surface area contributed by atoms with E-state index >= 15 is 0 Å². The number of alkyl halides is 3. The molecule has 20 heavy (non-hydrogen) atoms. The number of rotatable bonds is 2. The molecular formula is C13H13F3O2SSi. The Hall–Kier alpha value is -1.34. The number of fused-ring (bicyclic) bond motifs is 1. The largest absolute Gasteiger partial charge is 0.507 e. The summed E-state index contributed by atoms with van der Waals surface area (Å²) in [6.45, 7) is 5.96. The molecule has 2 aromatic rings. The number of Topliss-reactive ketones (excluding diaryl/α,β-unsaturated/α-hetero) is 1. The third-order valence-electron chi connectivity index (χ3n) is 3.02. The van der Waals surface area contributed by atoms with Gasteiger partial charge in [-0.15, -0.1) is 11.3 Å². The first-order chi connectivity index (χ1) is 9.03. The van der Waals surface area contributed by atoms with Crippen LogP contribution in [0.25, 0.3) is 10.1 Å². The Kier molecular flexibility index (Phi) is 3.46. The number of aromatic hydroxyl groups is 1. The van der Waals surface area contributed by atoms with Crippen LogP contribution >= 0.6 is 11.3 Å². The lowest BCUT2D eigenvalue weighted by molar-refractivity contribution is -0.0886. The molecule has 0 aliphatic heterocycles. The van der Waals surface area contributed by atoms with Gasteiger partial charge >= 0.3 is 6.18 Å². The minimum atomic E-state index is -4.99. The summed E-state index contributed by atoms with van der Waals surface area (Å²) in [5.74, 6) is -2.58. The second kappa shape index (κ2) is 4.59. The van der Waals surface area contributed by atoms with Gasteiger partial charge in [-0.05, 0) is 22.7 Å². The summed E-state index contributed by atoms with van der Waals surface area (Å²) in [6.07, 6.45) is -4.99. The highest BCUT2D eigenvalue weighted by molar-refractivity contribution is 7.19. The SMILES string of the molecule is C[Si](C)(C)c1cc(C(=O)C(F)(F)F)c(O)c2ccsc12. The second-order valence-corrected chi connectivity index (χ2v) is 11.5. The van der Waals surface area contributed by atoms with Crippen LogP contribution in [0, 0.1) is 0 Å². The Bertz CT molecular complexity index is 683. The lowest BCUT2D eigenvalue weighted by Crippen LogP contribution is -2.38. The molecular weight excluding hydrogens is 305 g/mol. The maximum absolute atomic E-state index is 12.6. The van der Waals surface area contributed by atoms with Crippen LogP contribution in [-0.2, 0) is 0 Å². The maximum atomic E-state index is 12.6. The topological polar surface area (TPSA) is 37.3 Å². The van der Waals surface area contributed by atoms with Gasteiger partial charge in [0.15, 0.2) is 0 Å². The first-order valence-corrected chi connectivity index (χ1v) is 10.3. The molecule has 1 N–H and O–H groups in total. The molecule has 0 saturated heterocycles. The van der Waals surface area contributed by atoms with Crippen molar-refractivity contribution in [3.05, 3.63) is 23.1 Å². The Labute approximate surface area is 118 Å². The lowest BCUT2D eigenvalue weighted by atomic mass is 10.1. The molecule has 0 bridgehead atoms. The number of phenols is 1. The second-order valence-electron chi connectivity index (χ2n) is 5.56. The average molecular weight is 318 g/mol. The van der Waals surface area contributed by atoms with Gasteiger partial charge in [0, 0.05) is 10.1 Å². The van der Waals surface area contributed by atoms with Crippen molar-refractivity contribution in [2.24, 2.45) is 0 Å². The summed E-state index contributed by atoms with van der Waals surface area (Å²) in [7, 11) is -1.94. The van der Waals surface area contributed by atoms with Gasteiger partial charge in [0.05, 0.1) is 13.6 Å². The summed E-state index contributed by atoms with van der Waals surface area (Å²) < 4.78 is 38.6. The monoisotopic (exact) mass is 318 g/mol. The quantitative estimate of drug-likeness (QED) is 0.673. The van der Waals surface area contributed by atoms with Gasteiger partial charge in [0.1, 0.15) is 5.75 Å². The van der Waals surface area contributed by atoms with Crippen LogP contribution < -0.4 is 5.19 Å². The van der Waals surface area contributed by atoms with Gasteiger partial charge in [-0.25, -0.2) is 0 Å². The van der Waals surface area contributed by atoms with Gasteiger partial charge in [-0.1, -0.05) is 19.6 Å². The van der Waals surface area contributed by atoms with Gasteiger partial charge in [0.25, 0.3) is 5.78 Å². The molecule has 108 valence electrons. The fourth-order valence-electron chi connectivity index (χ4n) is 2.01. The Balaban J connectivity index is 2.81. The zero-order chi connectivity index (χ0) is 15.3. The minimum absolute atomic E-state index is 0.322. The predicted octanol–water partition coefficient (Wildman–Crippen LogP) is 3.90. The van der Waals surface area contributed by atoms with Crippen molar-refractivity contribution in [3.8, 4) is 5.75 Å². The van der Waals surface area contributed by atoms with Crippen molar-refractivity contribution in [2.75, 3.05) is 0 Å². The van der Waals surface area contributed by atoms with E-state index in [1.165, 1.54) is 17.4 Å². The molecule has 0 saturated carbocycles. The molecule has 1 heterocycles. The van der Waals surface area contributed by atoms with Crippen LogP contribution in [0.1, 0.15) is 10.4 Å². The van der Waals surface area contributed by atoms with Crippen LogP contribution in [-0.4, -0.2) is 25.1 Å². The Morgan fingerprint density at radius 3 is 2.40 bits per heavy atom. The van der Waals surface area contributed by atoms with Crippen molar-refractivity contribution in [2.45, 2.75) is 25.8 Å². The van der Waals surface area contributed by atoms with Crippen molar-refractivity contribution >= 4 is 40.5 Å². The number of carbonyl (C=O) groups excluding carboxylic acids is 1. The van der Waals surface area contributed by atoms with Gasteiger partial charge in [-0.2, -0.15) is 13.2 Å². The number of hydrogen-bond donors (Lipinski definition) is 1. The highest BCUT2D eigenvalue weighted by Gasteiger charge is 2.41. The molecule has 1 aromatic heterocycles. The smallest absolute Gasteiger partial charge is 0.455 e. The van der Waals surface area contributed by atoms with Crippen molar-refractivity contribution in [3.63, 3.8) is 0 Å². The molecule has 7 heteroatoms. The van der Waals surface area contributed by atoms with E-state index < -0.39 is 31.3 Å². The van der Waals surface area contributed by atoms with Crippen molar-refractivity contribution in [1.82, 2.24) is 0 Å². The molecule has 0 fully saturated rings. The number of halogens is 3. The minimum Gasteiger partial charge on any atom is -0.507 e. The first kappa shape index (κ1) is 15.1. The third kappa shape index (κ3) is 2.47. The van der Waals surface area contributed by atoms with Crippen LogP contribution in [0.5, 0.6) is 5.75 Å². The van der Waals surface area contributed by atoms with Crippen LogP contribution in [0.3, 0.4) is 0 Å². The summed E-state index contributed by atoms with van der Waals surface area (Å²) in [5.41, 5.74) is -0.652. The maximum Gasteiger partial charge on any atom is 0.455 e. The number of thiophene rings is 1. The van der Waals surface area contributed by atoms with E-state index in [0.717, 1.165) is 9.89 Å². The molecule has 2 rings (SSSR count). The van der Waals surface area contributed by atoms with Crippen LogP contribution in [0.15, 0.2) is 17.5 Å². The highest BCUT2D eigenvalue weighted by Crippen LogP contribution is 2.35. The number of phenolic OH excluding ortho intramolecular Hbond substituents is 1. The fourth-order valence-corrected chi connectivity index (χ4v) is 5.32. The van der Waals surface area contributed by atoms with Crippen LogP contribution in [0.2, 0.25) is 19.6 Å². The Morgan fingerprint density at radius 2 is 1.90 bits per heavy atom. The molecule has 1 aromatic carbocycles. The predicted molar refractivity (Wildman–Crippen MR) is 76.9 cm³/mol. The summed E-state index contributed by atoms with van der Waals surface area (Å²) in [6, 6.07) is 2.77. The van der Waals surface area contributed by atoms with Gasteiger partial charge < -0.3 is 5.11 Å². The molecule has 0 aliphatic rings. The highest BCUT2D eigenvalue weighted by atomic mass is 32.1. The first-order valence-electron chi connectivity index (χ1n) is 5.88. The van der Waals surface area contributed by atoms with Crippen molar-refractivity contribution < 1.29 is 23.1 Å². The summed E-state index contributed by atoms with van der Waals surface area (Å²) >= 11 is 1.37. The molecule has 0 atom stereocenters. The van der Waals surface area contributed by atoms with Crippen molar-refractivity contribution in [1.29, 1.82) is 0 Å². The summed E-state index contributed by atoms with van der Waals surface area (Å²) in [5, 5.41) is 12.7. The van der Waals surface area contributed by atoms with Gasteiger partial charge in [0.2, 0.25) is 0 Å². The number of ketones is 1. The zero-order valence-electron chi connectivity index (χ0n) is 11.1. The molecule has 0 unspecified atom stereocenters.